The molecule has 1 aromatic rings. The van der Waals surface area contributed by atoms with Crippen LogP contribution in [0.15, 0.2) is 12.3 Å². The van der Waals surface area contributed by atoms with E-state index < -0.39 is 0 Å². The molecule has 0 radical (unpaired) electrons. The first-order valence-corrected chi connectivity index (χ1v) is 6.07. The minimum absolute atomic E-state index is 0.442. The van der Waals surface area contributed by atoms with Crippen LogP contribution in [-0.4, -0.2) is 18.1 Å². The van der Waals surface area contributed by atoms with Crippen LogP contribution in [-0.2, 0) is 5.88 Å². The van der Waals surface area contributed by atoms with Crippen LogP contribution in [0.3, 0.4) is 0 Å². The third-order valence-corrected chi connectivity index (χ3v) is 3.44. The molecule has 0 aliphatic carbocycles. The van der Waals surface area contributed by atoms with Crippen molar-refractivity contribution in [1.82, 2.24) is 4.98 Å². The average Bonchev–Trinajstić information content (AvgIpc) is 2.66. The smallest absolute Gasteiger partial charge is 0.128 e. The van der Waals surface area contributed by atoms with Gasteiger partial charge in [0.05, 0.1) is 5.02 Å². The predicted octanol–water partition coefficient (Wildman–Crippen LogP) is 3.32. The van der Waals surface area contributed by atoms with Crippen molar-refractivity contribution in [2.24, 2.45) is 5.92 Å². The van der Waals surface area contributed by atoms with E-state index in [0.717, 1.165) is 30.4 Å². The number of halogens is 2. The van der Waals surface area contributed by atoms with E-state index >= 15 is 0 Å². The molecule has 1 aliphatic rings. The maximum atomic E-state index is 5.97. The second kappa shape index (κ2) is 4.58. The summed E-state index contributed by atoms with van der Waals surface area (Å²) in [5.41, 5.74) is 0.961. The zero-order valence-corrected chi connectivity index (χ0v) is 10.2. The molecular formula is C11H14Cl2N2. The van der Waals surface area contributed by atoms with Gasteiger partial charge in [-0.25, -0.2) is 4.98 Å². The monoisotopic (exact) mass is 244 g/mol. The van der Waals surface area contributed by atoms with Crippen LogP contribution in [0.4, 0.5) is 5.82 Å². The Balaban J connectivity index is 2.21. The number of pyridine rings is 1. The Morgan fingerprint density at radius 2 is 2.40 bits per heavy atom. The molecule has 1 saturated heterocycles. The van der Waals surface area contributed by atoms with Gasteiger partial charge in [0, 0.05) is 25.2 Å². The molecule has 2 heterocycles. The highest BCUT2D eigenvalue weighted by Gasteiger charge is 2.20. The molecule has 1 aliphatic heterocycles. The highest BCUT2D eigenvalue weighted by Crippen LogP contribution is 2.25. The highest BCUT2D eigenvalue weighted by atomic mass is 35.5. The first-order chi connectivity index (χ1) is 7.20. The Bertz CT molecular complexity index is 354. The van der Waals surface area contributed by atoms with Gasteiger partial charge in [-0.1, -0.05) is 18.5 Å². The number of hydrogen-bond donors (Lipinski definition) is 0. The summed E-state index contributed by atoms with van der Waals surface area (Å²) in [6.07, 6.45) is 2.93. The number of hydrogen-bond acceptors (Lipinski definition) is 2. The van der Waals surface area contributed by atoms with Crippen molar-refractivity contribution < 1.29 is 0 Å². The molecule has 1 aromatic heterocycles. The molecule has 2 rings (SSSR count). The van der Waals surface area contributed by atoms with Gasteiger partial charge in [-0.3, -0.25) is 0 Å². The number of alkyl halides is 1. The quantitative estimate of drug-likeness (QED) is 0.743. The fourth-order valence-corrected chi connectivity index (χ4v) is 2.35. The van der Waals surface area contributed by atoms with Crippen molar-refractivity contribution in [2.75, 3.05) is 18.0 Å². The molecule has 0 spiro atoms. The minimum Gasteiger partial charge on any atom is -0.356 e. The van der Waals surface area contributed by atoms with Gasteiger partial charge >= 0.3 is 0 Å². The van der Waals surface area contributed by atoms with Crippen molar-refractivity contribution in [3.8, 4) is 0 Å². The first kappa shape index (κ1) is 11.0. The van der Waals surface area contributed by atoms with E-state index in [1.165, 1.54) is 6.42 Å². The van der Waals surface area contributed by atoms with Crippen molar-refractivity contribution in [1.29, 1.82) is 0 Å². The second-order valence-electron chi connectivity index (χ2n) is 4.11. The van der Waals surface area contributed by atoms with Gasteiger partial charge < -0.3 is 4.90 Å². The van der Waals surface area contributed by atoms with Crippen molar-refractivity contribution in [3.05, 3.63) is 22.8 Å². The summed E-state index contributed by atoms with van der Waals surface area (Å²) in [7, 11) is 0. The molecule has 0 bridgehead atoms. The third kappa shape index (κ3) is 2.37. The van der Waals surface area contributed by atoms with Crippen molar-refractivity contribution in [2.45, 2.75) is 19.2 Å². The van der Waals surface area contributed by atoms with E-state index in [4.69, 9.17) is 23.2 Å². The fraction of sp³-hybridized carbons (Fsp3) is 0.545. The Morgan fingerprint density at radius 3 is 3.00 bits per heavy atom. The van der Waals surface area contributed by atoms with Gasteiger partial charge in [0.2, 0.25) is 0 Å². The zero-order chi connectivity index (χ0) is 10.8. The first-order valence-electron chi connectivity index (χ1n) is 5.16. The molecule has 1 fully saturated rings. The largest absolute Gasteiger partial charge is 0.356 e. The van der Waals surface area contributed by atoms with Crippen LogP contribution < -0.4 is 4.90 Å². The summed E-state index contributed by atoms with van der Waals surface area (Å²) in [5.74, 6) is 2.19. The van der Waals surface area contributed by atoms with E-state index in [0.29, 0.717) is 10.9 Å². The topological polar surface area (TPSA) is 16.1 Å². The number of rotatable bonds is 2. The van der Waals surface area contributed by atoms with Crippen LogP contribution in [0.2, 0.25) is 5.02 Å². The van der Waals surface area contributed by atoms with E-state index in [2.05, 4.69) is 16.8 Å². The van der Waals surface area contributed by atoms with Crippen LogP contribution >= 0.6 is 23.2 Å². The Labute approximate surface area is 100 Å². The lowest BCUT2D eigenvalue weighted by atomic mass is 10.2. The summed E-state index contributed by atoms with van der Waals surface area (Å²) in [5, 5.41) is 0.654. The lowest BCUT2D eigenvalue weighted by Crippen LogP contribution is -2.20. The third-order valence-electron chi connectivity index (χ3n) is 2.81. The van der Waals surface area contributed by atoms with Gasteiger partial charge in [0.25, 0.3) is 0 Å². The van der Waals surface area contributed by atoms with Crippen LogP contribution in [0.1, 0.15) is 18.9 Å². The molecule has 1 unspecified atom stereocenters. The maximum Gasteiger partial charge on any atom is 0.128 e. The Hall–Kier alpha value is -0.470. The SMILES string of the molecule is CC1CCN(c2cc(CCl)c(Cl)cn2)C1. The lowest BCUT2D eigenvalue weighted by molar-refractivity contribution is 0.659. The summed E-state index contributed by atoms with van der Waals surface area (Å²) >= 11 is 11.8. The second-order valence-corrected chi connectivity index (χ2v) is 4.78. The van der Waals surface area contributed by atoms with Gasteiger partial charge in [-0.2, -0.15) is 0 Å². The highest BCUT2D eigenvalue weighted by molar-refractivity contribution is 6.32. The predicted molar refractivity (Wildman–Crippen MR) is 64.8 cm³/mol. The minimum atomic E-state index is 0.442. The van der Waals surface area contributed by atoms with E-state index in [-0.39, 0.29) is 0 Å². The summed E-state index contributed by atoms with van der Waals surface area (Å²) in [6, 6.07) is 1.99. The molecule has 82 valence electrons. The van der Waals surface area contributed by atoms with Crippen LogP contribution in [0, 0.1) is 5.92 Å². The van der Waals surface area contributed by atoms with Gasteiger partial charge in [-0.05, 0) is 24.0 Å². The van der Waals surface area contributed by atoms with Gasteiger partial charge in [0.15, 0.2) is 0 Å². The Morgan fingerprint density at radius 1 is 1.60 bits per heavy atom. The normalized spacial score (nSPS) is 21.0. The number of nitrogens with zero attached hydrogens (tertiary/aromatic N) is 2. The number of anilines is 1. The standard InChI is InChI=1S/C11H14Cl2N2/c1-8-2-3-15(7-8)11-4-9(5-12)10(13)6-14-11/h4,6,8H,2-3,5,7H2,1H3. The van der Waals surface area contributed by atoms with Crippen LogP contribution in [0.5, 0.6) is 0 Å². The van der Waals surface area contributed by atoms with E-state index in [9.17, 15) is 0 Å². The molecule has 0 aromatic carbocycles. The molecular weight excluding hydrogens is 231 g/mol. The Kier molecular flexibility index (Phi) is 3.37. The molecule has 0 amide bonds. The lowest BCUT2D eigenvalue weighted by Gasteiger charge is -2.17. The zero-order valence-electron chi connectivity index (χ0n) is 8.71. The molecule has 15 heavy (non-hydrogen) atoms. The van der Waals surface area contributed by atoms with Crippen LogP contribution in [0.25, 0.3) is 0 Å². The van der Waals surface area contributed by atoms with Gasteiger partial charge in [0.1, 0.15) is 5.82 Å². The van der Waals surface area contributed by atoms with Gasteiger partial charge in [-0.15, -0.1) is 11.6 Å². The molecule has 4 heteroatoms. The molecule has 1 atom stereocenters. The number of aromatic nitrogens is 1. The van der Waals surface area contributed by atoms with Crippen molar-refractivity contribution >= 4 is 29.0 Å². The van der Waals surface area contributed by atoms with E-state index in [1.807, 2.05) is 6.07 Å². The van der Waals surface area contributed by atoms with E-state index in [1.54, 1.807) is 6.20 Å². The summed E-state index contributed by atoms with van der Waals surface area (Å²) in [6.45, 7) is 4.42. The molecule has 0 saturated carbocycles. The molecule has 2 nitrogen and oxygen atoms in total. The average molecular weight is 245 g/mol. The molecule has 0 N–H and O–H groups in total. The fourth-order valence-electron chi connectivity index (χ4n) is 1.89. The van der Waals surface area contributed by atoms with Crippen molar-refractivity contribution in [3.63, 3.8) is 0 Å². The maximum absolute atomic E-state index is 5.97. The summed E-state index contributed by atoms with van der Waals surface area (Å²) < 4.78 is 0. The summed E-state index contributed by atoms with van der Waals surface area (Å²) in [4.78, 5) is 6.63.